The number of nitrogens with zero attached hydrogens (tertiary/aromatic N) is 2. The molecule has 0 aromatic carbocycles. The second-order valence-electron chi connectivity index (χ2n) is 5.12. The normalized spacial score (nSPS) is 21.9. The first-order valence-corrected chi connectivity index (χ1v) is 5.66. The third kappa shape index (κ3) is 3.47. The second-order valence-corrected chi connectivity index (χ2v) is 5.12. The molecule has 0 amide bonds. The van der Waals surface area contributed by atoms with Crippen LogP contribution in [0.5, 0.6) is 0 Å². The predicted molar refractivity (Wildman–Crippen MR) is 64.2 cm³/mol. The summed E-state index contributed by atoms with van der Waals surface area (Å²) in [6.45, 7) is 6.49. The molecule has 1 rings (SSSR count). The monoisotopic (exact) mass is 212 g/mol. The van der Waals surface area contributed by atoms with Crippen molar-refractivity contribution >= 4 is 5.84 Å². The molecule has 15 heavy (non-hydrogen) atoms. The Morgan fingerprint density at radius 1 is 1.40 bits per heavy atom. The summed E-state index contributed by atoms with van der Waals surface area (Å²) in [5, 5.41) is 7.57. The molecule has 0 aliphatic carbocycles. The van der Waals surface area contributed by atoms with E-state index >= 15 is 0 Å². The summed E-state index contributed by atoms with van der Waals surface area (Å²) in [6, 6.07) is 0. The quantitative estimate of drug-likeness (QED) is 0.529. The predicted octanol–water partition coefficient (Wildman–Crippen LogP) is 0.586. The van der Waals surface area contributed by atoms with Crippen molar-refractivity contribution in [1.82, 2.24) is 9.80 Å². The molecule has 1 heterocycles. The Balaban J connectivity index is 2.32. The molecule has 88 valence electrons. The summed E-state index contributed by atoms with van der Waals surface area (Å²) >= 11 is 0. The summed E-state index contributed by atoms with van der Waals surface area (Å²) in [5.41, 5.74) is 5.58. The summed E-state index contributed by atoms with van der Waals surface area (Å²) in [5.74, 6) is 0.356. The number of rotatable bonds is 4. The van der Waals surface area contributed by atoms with E-state index in [4.69, 9.17) is 11.1 Å². The Morgan fingerprint density at radius 3 is 2.33 bits per heavy atom. The maximum absolute atomic E-state index is 7.57. The van der Waals surface area contributed by atoms with Crippen molar-refractivity contribution in [3.63, 3.8) is 0 Å². The number of piperidine rings is 1. The van der Waals surface area contributed by atoms with E-state index in [9.17, 15) is 0 Å². The first kappa shape index (κ1) is 12.5. The minimum atomic E-state index is -0.0470. The van der Waals surface area contributed by atoms with Gasteiger partial charge in [0, 0.05) is 18.5 Å². The number of amidine groups is 1. The first-order valence-electron chi connectivity index (χ1n) is 5.66. The fourth-order valence-corrected chi connectivity index (χ4v) is 1.88. The number of nitrogens with one attached hydrogen (secondary N) is 1. The highest BCUT2D eigenvalue weighted by Gasteiger charge is 2.32. The molecule has 0 atom stereocenters. The average Bonchev–Trinajstić information content (AvgIpc) is 2.16. The van der Waals surface area contributed by atoms with Crippen LogP contribution < -0.4 is 5.73 Å². The topological polar surface area (TPSA) is 56.4 Å². The van der Waals surface area contributed by atoms with Gasteiger partial charge in [-0.1, -0.05) is 6.92 Å². The molecular formula is C11H24N4. The van der Waals surface area contributed by atoms with Gasteiger partial charge in [0.25, 0.3) is 0 Å². The van der Waals surface area contributed by atoms with Crippen LogP contribution in [0.1, 0.15) is 19.8 Å². The van der Waals surface area contributed by atoms with Crippen molar-refractivity contribution in [2.75, 3.05) is 40.3 Å². The van der Waals surface area contributed by atoms with Crippen LogP contribution in [-0.2, 0) is 0 Å². The summed E-state index contributed by atoms with van der Waals surface area (Å²) < 4.78 is 0. The third-order valence-electron chi connectivity index (χ3n) is 3.47. The summed E-state index contributed by atoms with van der Waals surface area (Å²) in [6.07, 6.45) is 2.05. The number of likely N-dealkylation sites (tertiary alicyclic amines) is 1. The van der Waals surface area contributed by atoms with Crippen molar-refractivity contribution in [3.05, 3.63) is 0 Å². The van der Waals surface area contributed by atoms with Crippen LogP contribution in [0.15, 0.2) is 0 Å². The molecule has 1 aliphatic rings. The van der Waals surface area contributed by atoms with Crippen LogP contribution in [0.4, 0.5) is 0 Å². The van der Waals surface area contributed by atoms with Crippen molar-refractivity contribution in [2.24, 2.45) is 11.1 Å². The third-order valence-corrected chi connectivity index (χ3v) is 3.47. The molecular weight excluding hydrogens is 188 g/mol. The standard InChI is InChI=1S/C11H24N4/c1-11(10(12)13)4-6-15(7-5-11)9-8-14(2)3/h4-9H2,1-3H3,(H3,12,13). The maximum Gasteiger partial charge on any atom is 0.0966 e. The Hall–Kier alpha value is -0.610. The van der Waals surface area contributed by atoms with Crippen molar-refractivity contribution in [2.45, 2.75) is 19.8 Å². The van der Waals surface area contributed by atoms with Gasteiger partial charge in [0.1, 0.15) is 0 Å². The Bertz CT molecular complexity index is 217. The molecule has 0 unspecified atom stereocenters. The molecule has 1 saturated heterocycles. The lowest BCUT2D eigenvalue weighted by atomic mass is 9.79. The zero-order valence-electron chi connectivity index (χ0n) is 10.2. The molecule has 1 fully saturated rings. The molecule has 0 aromatic rings. The zero-order chi connectivity index (χ0) is 11.5. The number of nitrogens with two attached hydrogens (primary N) is 1. The Labute approximate surface area is 92.9 Å². The van der Waals surface area contributed by atoms with Crippen LogP contribution >= 0.6 is 0 Å². The Kier molecular flexibility index (Phi) is 4.11. The van der Waals surface area contributed by atoms with Gasteiger partial charge in [0.2, 0.25) is 0 Å². The fourth-order valence-electron chi connectivity index (χ4n) is 1.88. The molecule has 0 bridgehead atoms. The van der Waals surface area contributed by atoms with E-state index in [-0.39, 0.29) is 5.41 Å². The minimum Gasteiger partial charge on any atom is -0.387 e. The van der Waals surface area contributed by atoms with Crippen LogP contribution in [-0.4, -0.2) is 55.9 Å². The molecule has 3 N–H and O–H groups in total. The molecule has 0 aromatic heterocycles. The van der Waals surface area contributed by atoms with Crippen LogP contribution in [0.3, 0.4) is 0 Å². The van der Waals surface area contributed by atoms with Gasteiger partial charge in [-0.3, -0.25) is 5.41 Å². The number of hydrogen-bond donors (Lipinski definition) is 2. The van der Waals surface area contributed by atoms with Crippen molar-refractivity contribution in [3.8, 4) is 0 Å². The molecule has 0 radical (unpaired) electrons. The van der Waals surface area contributed by atoms with Gasteiger partial charge in [-0.05, 0) is 40.0 Å². The van der Waals surface area contributed by atoms with Gasteiger partial charge < -0.3 is 15.5 Å². The molecule has 1 aliphatic heterocycles. The van der Waals surface area contributed by atoms with Crippen molar-refractivity contribution in [1.29, 1.82) is 5.41 Å². The molecule has 4 nitrogen and oxygen atoms in total. The fraction of sp³-hybridized carbons (Fsp3) is 0.909. The minimum absolute atomic E-state index is 0.0470. The maximum atomic E-state index is 7.57. The highest BCUT2D eigenvalue weighted by atomic mass is 15.2. The van der Waals surface area contributed by atoms with E-state index in [0.29, 0.717) is 5.84 Å². The van der Waals surface area contributed by atoms with Crippen LogP contribution in [0, 0.1) is 10.8 Å². The van der Waals surface area contributed by atoms with E-state index in [1.54, 1.807) is 0 Å². The van der Waals surface area contributed by atoms with Gasteiger partial charge in [-0.2, -0.15) is 0 Å². The Morgan fingerprint density at radius 2 is 1.93 bits per heavy atom. The van der Waals surface area contributed by atoms with E-state index in [1.165, 1.54) is 0 Å². The van der Waals surface area contributed by atoms with E-state index in [1.807, 2.05) is 0 Å². The summed E-state index contributed by atoms with van der Waals surface area (Å²) in [4.78, 5) is 4.67. The highest BCUT2D eigenvalue weighted by Crippen LogP contribution is 2.30. The number of likely N-dealkylation sites (N-methyl/N-ethyl adjacent to an activating group) is 1. The average molecular weight is 212 g/mol. The van der Waals surface area contributed by atoms with Gasteiger partial charge in [0.15, 0.2) is 0 Å². The SMILES string of the molecule is CN(C)CCN1CCC(C)(C(=N)N)CC1. The van der Waals surface area contributed by atoms with Crippen molar-refractivity contribution < 1.29 is 0 Å². The second kappa shape index (κ2) is 4.94. The van der Waals surface area contributed by atoms with E-state index < -0.39 is 0 Å². The van der Waals surface area contributed by atoms with Gasteiger partial charge >= 0.3 is 0 Å². The number of hydrogen-bond acceptors (Lipinski definition) is 3. The molecule has 4 heteroatoms. The zero-order valence-corrected chi connectivity index (χ0v) is 10.2. The lowest BCUT2D eigenvalue weighted by molar-refractivity contribution is 0.152. The van der Waals surface area contributed by atoms with Crippen LogP contribution in [0.2, 0.25) is 0 Å². The lowest BCUT2D eigenvalue weighted by Crippen LogP contribution is -2.46. The molecule has 0 saturated carbocycles. The van der Waals surface area contributed by atoms with Gasteiger partial charge in [-0.15, -0.1) is 0 Å². The van der Waals surface area contributed by atoms with Gasteiger partial charge in [0.05, 0.1) is 5.84 Å². The summed E-state index contributed by atoms with van der Waals surface area (Å²) in [7, 11) is 4.20. The van der Waals surface area contributed by atoms with E-state index in [0.717, 1.165) is 39.0 Å². The van der Waals surface area contributed by atoms with Crippen LogP contribution in [0.25, 0.3) is 0 Å². The smallest absolute Gasteiger partial charge is 0.0966 e. The molecule has 0 spiro atoms. The first-order chi connectivity index (χ1) is 6.94. The lowest BCUT2D eigenvalue weighted by Gasteiger charge is -2.38. The van der Waals surface area contributed by atoms with Gasteiger partial charge in [-0.25, -0.2) is 0 Å². The van der Waals surface area contributed by atoms with E-state index in [2.05, 4.69) is 30.8 Å². The largest absolute Gasteiger partial charge is 0.387 e. The highest BCUT2D eigenvalue weighted by molar-refractivity contribution is 5.83.